The Hall–Kier alpha value is -0.680. The van der Waals surface area contributed by atoms with Gasteiger partial charge in [0.25, 0.3) is 0 Å². The summed E-state index contributed by atoms with van der Waals surface area (Å²) in [6.07, 6.45) is 2.35. The number of benzene rings is 1. The maximum absolute atomic E-state index is 13.2. The van der Waals surface area contributed by atoms with E-state index in [-0.39, 0.29) is 5.82 Å². The Bertz CT molecular complexity index is 432. The van der Waals surface area contributed by atoms with Crippen molar-refractivity contribution in [1.29, 1.82) is 0 Å². The van der Waals surface area contributed by atoms with E-state index in [9.17, 15) is 4.39 Å². The molecule has 1 fully saturated rings. The van der Waals surface area contributed by atoms with Gasteiger partial charge in [-0.2, -0.15) is 0 Å². The first-order chi connectivity index (χ1) is 7.56. The van der Waals surface area contributed by atoms with Gasteiger partial charge in [-0.25, -0.2) is 4.39 Å². The predicted molar refractivity (Wildman–Crippen MR) is 71.2 cm³/mol. The van der Waals surface area contributed by atoms with Crippen LogP contribution in [0.3, 0.4) is 0 Å². The van der Waals surface area contributed by atoms with Crippen LogP contribution >= 0.6 is 28.1 Å². The summed E-state index contributed by atoms with van der Waals surface area (Å²) >= 11 is 8.31. The highest BCUT2D eigenvalue weighted by Gasteiger charge is 2.21. The van der Waals surface area contributed by atoms with Crippen LogP contribution in [0.1, 0.15) is 18.4 Å². The topological polar surface area (TPSA) is 24.1 Å². The molecule has 5 heteroatoms. The molecule has 2 N–H and O–H groups in total. The van der Waals surface area contributed by atoms with Gasteiger partial charge in [0.2, 0.25) is 0 Å². The highest BCUT2D eigenvalue weighted by atomic mass is 79.9. The SMILES string of the molecule is Cc1cc(F)c(Br)cc1NC(=S)NC1CC1. The van der Waals surface area contributed by atoms with E-state index in [1.54, 1.807) is 6.07 Å². The van der Waals surface area contributed by atoms with E-state index in [1.165, 1.54) is 18.9 Å². The lowest BCUT2D eigenvalue weighted by molar-refractivity contribution is 0.620. The Morgan fingerprint density at radius 1 is 1.50 bits per heavy atom. The number of halogens is 2. The summed E-state index contributed by atoms with van der Waals surface area (Å²) in [7, 11) is 0. The van der Waals surface area contributed by atoms with E-state index < -0.39 is 0 Å². The minimum Gasteiger partial charge on any atom is -0.360 e. The Kier molecular flexibility index (Phi) is 3.44. The number of anilines is 1. The van der Waals surface area contributed by atoms with Crippen LogP contribution in [0, 0.1) is 12.7 Å². The molecule has 0 radical (unpaired) electrons. The highest BCUT2D eigenvalue weighted by Crippen LogP contribution is 2.24. The van der Waals surface area contributed by atoms with Crippen LogP contribution in [0.25, 0.3) is 0 Å². The fourth-order valence-electron chi connectivity index (χ4n) is 1.35. The zero-order valence-electron chi connectivity index (χ0n) is 8.81. The number of hydrogen-bond acceptors (Lipinski definition) is 1. The first-order valence-electron chi connectivity index (χ1n) is 5.09. The van der Waals surface area contributed by atoms with Crippen molar-refractivity contribution < 1.29 is 4.39 Å². The summed E-state index contributed by atoms with van der Waals surface area (Å²) in [4.78, 5) is 0. The van der Waals surface area contributed by atoms with Gasteiger partial charge in [-0.05, 0) is 65.6 Å². The molecular formula is C11H12BrFN2S. The molecule has 1 aromatic rings. The molecule has 0 aromatic heterocycles. The van der Waals surface area contributed by atoms with E-state index in [0.717, 1.165) is 11.3 Å². The quantitative estimate of drug-likeness (QED) is 0.819. The molecule has 0 bridgehead atoms. The average molecular weight is 303 g/mol. The monoisotopic (exact) mass is 302 g/mol. The van der Waals surface area contributed by atoms with Crippen molar-refractivity contribution in [2.45, 2.75) is 25.8 Å². The molecule has 1 aliphatic rings. The van der Waals surface area contributed by atoms with Crippen molar-refractivity contribution >= 4 is 38.9 Å². The molecule has 0 unspecified atom stereocenters. The summed E-state index contributed by atoms with van der Waals surface area (Å²) in [6.45, 7) is 1.84. The van der Waals surface area contributed by atoms with Crippen LogP contribution in [0.5, 0.6) is 0 Å². The molecule has 0 aliphatic heterocycles. The first kappa shape index (κ1) is 11.8. The number of thiocarbonyl (C=S) groups is 1. The van der Waals surface area contributed by atoms with Gasteiger partial charge in [-0.15, -0.1) is 0 Å². The Morgan fingerprint density at radius 3 is 2.81 bits per heavy atom. The highest BCUT2D eigenvalue weighted by molar-refractivity contribution is 9.10. The third-order valence-corrected chi connectivity index (χ3v) is 3.26. The van der Waals surface area contributed by atoms with Crippen molar-refractivity contribution in [3.05, 3.63) is 28.0 Å². The lowest BCUT2D eigenvalue weighted by Crippen LogP contribution is -2.30. The lowest BCUT2D eigenvalue weighted by Gasteiger charge is -2.12. The normalized spacial score (nSPS) is 14.7. The van der Waals surface area contributed by atoms with Crippen molar-refractivity contribution in [1.82, 2.24) is 5.32 Å². The van der Waals surface area contributed by atoms with Gasteiger partial charge in [0.15, 0.2) is 5.11 Å². The molecule has 0 spiro atoms. The summed E-state index contributed by atoms with van der Waals surface area (Å²) in [5, 5.41) is 6.85. The molecule has 1 aromatic carbocycles. The summed E-state index contributed by atoms with van der Waals surface area (Å²) in [6, 6.07) is 3.70. The van der Waals surface area contributed by atoms with Crippen LogP contribution < -0.4 is 10.6 Å². The van der Waals surface area contributed by atoms with Gasteiger partial charge >= 0.3 is 0 Å². The van der Waals surface area contributed by atoms with Crippen molar-refractivity contribution in [2.24, 2.45) is 0 Å². The second-order valence-electron chi connectivity index (χ2n) is 3.95. The molecule has 16 heavy (non-hydrogen) atoms. The summed E-state index contributed by atoms with van der Waals surface area (Å²) in [5.74, 6) is -0.260. The molecular weight excluding hydrogens is 291 g/mol. The number of hydrogen-bond donors (Lipinski definition) is 2. The third kappa shape index (κ3) is 2.92. The number of nitrogens with one attached hydrogen (secondary N) is 2. The van der Waals surface area contributed by atoms with Crippen molar-refractivity contribution in [2.75, 3.05) is 5.32 Å². The van der Waals surface area contributed by atoms with E-state index in [1.807, 2.05) is 6.92 Å². The smallest absolute Gasteiger partial charge is 0.171 e. The molecule has 0 heterocycles. The van der Waals surface area contributed by atoms with Crippen LogP contribution in [0.15, 0.2) is 16.6 Å². The summed E-state index contributed by atoms with van der Waals surface area (Å²) in [5.41, 5.74) is 1.66. The van der Waals surface area contributed by atoms with Crippen LogP contribution in [-0.2, 0) is 0 Å². The van der Waals surface area contributed by atoms with Gasteiger partial charge in [0.1, 0.15) is 5.82 Å². The minimum absolute atomic E-state index is 0.260. The molecule has 1 aliphatic carbocycles. The van der Waals surface area contributed by atoms with Crippen molar-refractivity contribution in [3.63, 3.8) is 0 Å². The second kappa shape index (κ2) is 4.67. The van der Waals surface area contributed by atoms with Crippen LogP contribution in [0.2, 0.25) is 0 Å². The largest absolute Gasteiger partial charge is 0.360 e. The molecule has 86 valence electrons. The third-order valence-electron chi connectivity index (χ3n) is 2.43. The molecule has 0 saturated heterocycles. The van der Waals surface area contributed by atoms with E-state index in [2.05, 4.69) is 26.6 Å². The van der Waals surface area contributed by atoms with Gasteiger partial charge in [0, 0.05) is 11.7 Å². The minimum atomic E-state index is -0.260. The van der Waals surface area contributed by atoms with Gasteiger partial charge in [-0.3, -0.25) is 0 Å². The Balaban J connectivity index is 2.07. The van der Waals surface area contributed by atoms with Crippen LogP contribution in [0.4, 0.5) is 10.1 Å². The maximum atomic E-state index is 13.2. The average Bonchev–Trinajstić information content (AvgIpc) is 2.98. The van der Waals surface area contributed by atoms with Gasteiger partial charge in [0.05, 0.1) is 4.47 Å². The number of rotatable bonds is 2. The van der Waals surface area contributed by atoms with E-state index in [4.69, 9.17) is 12.2 Å². The van der Waals surface area contributed by atoms with Crippen molar-refractivity contribution in [3.8, 4) is 0 Å². The molecule has 2 nitrogen and oxygen atoms in total. The van der Waals surface area contributed by atoms with E-state index >= 15 is 0 Å². The second-order valence-corrected chi connectivity index (χ2v) is 5.22. The zero-order chi connectivity index (χ0) is 11.7. The predicted octanol–water partition coefficient (Wildman–Crippen LogP) is 3.35. The van der Waals surface area contributed by atoms with Crippen LogP contribution in [-0.4, -0.2) is 11.2 Å². The molecule has 0 atom stereocenters. The Labute approximate surface area is 108 Å². The fraction of sp³-hybridized carbons (Fsp3) is 0.364. The summed E-state index contributed by atoms with van der Waals surface area (Å²) < 4.78 is 13.6. The van der Waals surface area contributed by atoms with E-state index in [0.29, 0.717) is 15.6 Å². The Morgan fingerprint density at radius 2 is 2.19 bits per heavy atom. The number of aryl methyl sites for hydroxylation is 1. The molecule has 1 saturated carbocycles. The molecule has 0 amide bonds. The standard InChI is InChI=1S/C11H12BrFN2S/c1-6-4-9(13)8(12)5-10(6)15-11(16)14-7-2-3-7/h4-5,7H,2-3H2,1H3,(H2,14,15,16). The molecule has 2 rings (SSSR count). The zero-order valence-corrected chi connectivity index (χ0v) is 11.2. The first-order valence-corrected chi connectivity index (χ1v) is 6.29. The van der Waals surface area contributed by atoms with Gasteiger partial charge in [-0.1, -0.05) is 0 Å². The fourth-order valence-corrected chi connectivity index (χ4v) is 1.97. The lowest BCUT2D eigenvalue weighted by atomic mass is 10.2. The maximum Gasteiger partial charge on any atom is 0.171 e. The van der Waals surface area contributed by atoms with Gasteiger partial charge < -0.3 is 10.6 Å².